The Morgan fingerprint density at radius 2 is 2.12 bits per heavy atom. The monoisotopic (exact) mass is 231 g/mol. The van der Waals surface area contributed by atoms with Crippen molar-refractivity contribution in [3.63, 3.8) is 0 Å². The van der Waals surface area contributed by atoms with Gasteiger partial charge in [-0.25, -0.2) is 4.98 Å². The molecular formula is C12H13N3O2. The summed E-state index contributed by atoms with van der Waals surface area (Å²) in [6, 6.07) is 5.78. The zero-order valence-corrected chi connectivity index (χ0v) is 9.35. The van der Waals surface area contributed by atoms with E-state index < -0.39 is 0 Å². The maximum absolute atomic E-state index is 11.7. The van der Waals surface area contributed by atoms with E-state index in [1.807, 2.05) is 18.2 Å². The molecule has 5 heteroatoms. The van der Waals surface area contributed by atoms with Gasteiger partial charge in [-0.05, 0) is 18.2 Å². The van der Waals surface area contributed by atoms with Gasteiger partial charge in [-0.2, -0.15) is 0 Å². The zero-order chi connectivity index (χ0) is 11.7. The fraction of sp³-hybridized carbons (Fsp3) is 0.333. The summed E-state index contributed by atoms with van der Waals surface area (Å²) in [5, 5.41) is 0.636. The van der Waals surface area contributed by atoms with Crippen molar-refractivity contribution in [2.75, 3.05) is 31.2 Å². The average Bonchev–Trinajstić information content (AvgIpc) is 2.40. The summed E-state index contributed by atoms with van der Waals surface area (Å²) in [5.74, 6) is 0. The number of anilines is 1. The highest BCUT2D eigenvalue weighted by Gasteiger charge is 2.12. The molecule has 0 unspecified atom stereocenters. The predicted molar refractivity (Wildman–Crippen MR) is 65.4 cm³/mol. The van der Waals surface area contributed by atoms with Crippen molar-refractivity contribution >= 4 is 16.6 Å². The number of nitrogens with zero attached hydrogens (tertiary/aromatic N) is 2. The highest BCUT2D eigenvalue weighted by Crippen LogP contribution is 2.19. The second-order valence-corrected chi connectivity index (χ2v) is 4.03. The molecule has 2 aromatic rings. The summed E-state index contributed by atoms with van der Waals surface area (Å²) in [6.45, 7) is 3.20. The zero-order valence-electron chi connectivity index (χ0n) is 9.35. The molecule has 3 rings (SSSR count). The molecular weight excluding hydrogens is 218 g/mol. The second-order valence-electron chi connectivity index (χ2n) is 4.03. The Balaban J connectivity index is 2.06. The number of aromatic nitrogens is 2. The van der Waals surface area contributed by atoms with Crippen molar-refractivity contribution in [2.24, 2.45) is 0 Å². The molecule has 88 valence electrons. The van der Waals surface area contributed by atoms with Crippen LogP contribution in [-0.2, 0) is 4.74 Å². The van der Waals surface area contributed by atoms with Crippen molar-refractivity contribution in [3.05, 3.63) is 34.9 Å². The van der Waals surface area contributed by atoms with Gasteiger partial charge in [0.15, 0.2) is 0 Å². The lowest BCUT2D eigenvalue weighted by Gasteiger charge is -2.28. The Bertz CT molecular complexity index is 588. The Hall–Kier alpha value is -1.88. The lowest BCUT2D eigenvalue weighted by molar-refractivity contribution is 0.122. The van der Waals surface area contributed by atoms with Crippen molar-refractivity contribution in [1.29, 1.82) is 0 Å². The largest absolute Gasteiger partial charge is 0.378 e. The first kappa shape index (κ1) is 10.3. The summed E-state index contributed by atoms with van der Waals surface area (Å²) in [4.78, 5) is 20.6. The highest BCUT2D eigenvalue weighted by atomic mass is 16.5. The van der Waals surface area contributed by atoms with Crippen LogP contribution < -0.4 is 10.5 Å². The van der Waals surface area contributed by atoms with E-state index in [1.165, 1.54) is 6.33 Å². The molecule has 1 fully saturated rings. The average molecular weight is 231 g/mol. The van der Waals surface area contributed by atoms with Gasteiger partial charge in [-0.3, -0.25) is 4.79 Å². The van der Waals surface area contributed by atoms with Gasteiger partial charge in [-0.1, -0.05) is 0 Å². The molecule has 0 spiro atoms. The Labute approximate surface area is 98.0 Å². The van der Waals surface area contributed by atoms with Gasteiger partial charge in [0, 0.05) is 18.8 Å². The van der Waals surface area contributed by atoms with Gasteiger partial charge >= 0.3 is 0 Å². The molecule has 5 nitrogen and oxygen atoms in total. The number of benzene rings is 1. The standard InChI is InChI=1S/C12H13N3O2/c16-12-10-7-9(15-3-5-17-6-4-15)1-2-11(10)13-8-14-12/h1-2,7-8H,3-6H2,(H,13,14,16). The Morgan fingerprint density at radius 1 is 1.29 bits per heavy atom. The van der Waals surface area contributed by atoms with Crippen LogP contribution in [0, 0.1) is 0 Å². The third-order valence-corrected chi connectivity index (χ3v) is 3.00. The fourth-order valence-corrected chi connectivity index (χ4v) is 2.07. The smallest absolute Gasteiger partial charge is 0.258 e. The summed E-state index contributed by atoms with van der Waals surface area (Å²) >= 11 is 0. The van der Waals surface area contributed by atoms with E-state index in [-0.39, 0.29) is 5.56 Å². The molecule has 0 atom stereocenters. The van der Waals surface area contributed by atoms with Crippen LogP contribution in [0.4, 0.5) is 5.69 Å². The third kappa shape index (κ3) is 1.89. The van der Waals surface area contributed by atoms with Gasteiger partial charge in [0.05, 0.1) is 30.4 Å². The molecule has 1 aliphatic rings. The molecule has 0 saturated carbocycles. The first-order chi connectivity index (χ1) is 8.34. The number of H-pyrrole nitrogens is 1. The molecule has 1 N–H and O–H groups in total. The quantitative estimate of drug-likeness (QED) is 0.787. The molecule has 1 aromatic heterocycles. The van der Waals surface area contributed by atoms with Crippen LogP contribution in [0.15, 0.2) is 29.3 Å². The van der Waals surface area contributed by atoms with Gasteiger partial charge in [0.25, 0.3) is 5.56 Å². The minimum atomic E-state index is -0.0925. The third-order valence-electron chi connectivity index (χ3n) is 3.00. The van der Waals surface area contributed by atoms with Crippen LogP contribution in [0.5, 0.6) is 0 Å². The molecule has 2 heterocycles. The number of hydrogen-bond donors (Lipinski definition) is 1. The molecule has 0 bridgehead atoms. The topological polar surface area (TPSA) is 58.2 Å². The van der Waals surface area contributed by atoms with Crippen LogP contribution in [0.2, 0.25) is 0 Å². The minimum Gasteiger partial charge on any atom is -0.378 e. The number of aromatic amines is 1. The van der Waals surface area contributed by atoms with Gasteiger partial charge in [0.1, 0.15) is 0 Å². The van der Waals surface area contributed by atoms with E-state index in [4.69, 9.17) is 4.74 Å². The fourth-order valence-electron chi connectivity index (χ4n) is 2.07. The van der Waals surface area contributed by atoms with E-state index in [0.717, 1.165) is 37.5 Å². The highest BCUT2D eigenvalue weighted by molar-refractivity contribution is 5.81. The van der Waals surface area contributed by atoms with Gasteiger partial charge < -0.3 is 14.6 Å². The molecule has 1 aliphatic heterocycles. The number of ether oxygens (including phenoxy) is 1. The van der Waals surface area contributed by atoms with Gasteiger partial charge in [-0.15, -0.1) is 0 Å². The van der Waals surface area contributed by atoms with Crippen molar-refractivity contribution in [3.8, 4) is 0 Å². The summed E-state index contributed by atoms with van der Waals surface area (Å²) in [6.07, 6.45) is 1.43. The van der Waals surface area contributed by atoms with Crippen molar-refractivity contribution < 1.29 is 4.74 Å². The van der Waals surface area contributed by atoms with Gasteiger partial charge in [0.2, 0.25) is 0 Å². The van der Waals surface area contributed by atoms with E-state index in [1.54, 1.807) is 0 Å². The van der Waals surface area contributed by atoms with Crippen LogP contribution >= 0.6 is 0 Å². The predicted octanol–water partition coefficient (Wildman–Crippen LogP) is 0.760. The lowest BCUT2D eigenvalue weighted by Crippen LogP contribution is -2.36. The van der Waals surface area contributed by atoms with E-state index in [2.05, 4.69) is 14.9 Å². The second kappa shape index (κ2) is 4.18. The van der Waals surface area contributed by atoms with Crippen molar-refractivity contribution in [2.45, 2.75) is 0 Å². The number of nitrogens with one attached hydrogen (secondary N) is 1. The van der Waals surface area contributed by atoms with E-state index in [0.29, 0.717) is 5.39 Å². The summed E-state index contributed by atoms with van der Waals surface area (Å²) in [7, 11) is 0. The Morgan fingerprint density at radius 3 is 2.94 bits per heavy atom. The minimum absolute atomic E-state index is 0.0925. The molecule has 0 aliphatic carbocycles. The summed E-state index contributed by atoms with van der Waals surface area (Å²) in [5.41, 5.74) is 1.69. The molecule has 17 heavy (non-hydrogen) atoms. The van der Waals surface area contributed by atoms with E-state index in [9.17, 15) is 4.79 Å². The van der Waals surface area contributed by atoms with Crippen LogP contribution in [0.25, 0.3) is 10.9 Å². The maximum atomic E-state index is 11.7. The lowest BCUT2D eigenvalue weighted by atomic mass is 10.2. The van der Waals surface area contributed by atoms with Crippen LogP contribution in [-0.4, -0.2) is 36.3 Å². The first-order valence-electron chi connectivity index (χ1n) is 5.65. The van der Waals surface area contributed by atoms with Crippen LogP contribution in [0.1, 0.15) is 0 Å². The number of rotatable bonds is 1. The SMILES string of the molecule is O=c1[nH]cnc2ccc(N3CCOCC3)cc12. The first-order valence-corrected chi connectivity index (χ1v) is 5.65. The number of morpholine rings is 1. The van der Waals surface area contributed by atoms with Crippen molar-refractivity contribution in [1.82, 2.24) is 9.97 Å². The molecule has 1 saturated heterocycles. The van der Waals surface area contributed by atoms with Crippen LogP contribution in [0.3, 0.4) is 0 Å². The molecule has 0 radical (unpaired) electrons. The molecule has 0 amide bonds. The maximum Gasteiger partial charge on any atom is 0.258 e. The Kier molecular flexibility index (Phi) is 2.53. The van der Waals surface area contributed by atoms with E-state index >= 15 is 0 Å². The normalized spacial score (nSPS) is 16.4. The summed E-state index contributed by atoms with van der Waals surface area (Å²) < 4.78 is 5.31. The number of fused-ring (bicyclic) bond motifs is 1. The molecule has 1 aromatic carbocycles. The number of hydrogen-bond acceptors (Lipinski definition) is 4.